The highest BCUT2D eigenvalue weighted by atomic mass is 16.5. The molecule has 1 aliphatic rings. The van der Waals surface area contributed by atoms with Gasteiger partial charge < -0.3 is 20.5 Å². The lowest BCUT2D eigenvalue weighted by atomic mass is 9.83. The van der Waals surface area contributed by atoms with Crippen molar-refractivity contribution in [2.45, 2.75) is 32.3 Å². The molecule has 158 valence electrons. The number of nitriles is 1. The zero-order valence-corrected chi connectivity index (χ0v) is 17.7. The van der Waals surface area contributed by atoms with Crippen molar-refractivity contribution in [1.82, 2.24) is 15.0 Å². The number of aliphatic hydroxyl groups excluding tert-OH is 1. The lowest BCUT2D eigenvalue weighted by Gasteiger charge is -2.21. The van der Waals surface area contributed by atoms with Crippen LogP contribution in [0.3, 0.4) is 0 Å². The second kappa shape index (κ2) is 8.20. The Labute approximate surface area is 181 Å². The molecule has 1 aliphatic heterocycles. The van der Waals surface area contributed by atoms with Crippen molar-refractivity contribution in [2.75, 3.05) is 23.8 Å². The minimum atomic E-state index is -0.455. The summed E-state index contributed by atoms with van der Waals surface area (Å²) >= 11 is 0. The first-order valence-corrected chi connectivity index (χ1v) is 10.1. The summed E-state index contributed by atoms with van der Waals surface area (Å²) in [5, 5.41) is 26.0. The Morgan fingerprint density at radius 1 is 1.29 bits per heavy atom. The van der Waals surface area contributed by atoms with Gasteiger partial charge in [-0.05, 0) is 49.7 Å². The van der Waals surface area contributed by atoms with Crippen LogP contribution >= 0.6 is 0 Å². The van der Waals surface area contributed by atoms with Gasteiger partial charge in [0, 0.05) is 29.9 Å². The minimum absolute atomic E-state index is 0.0163. The van der Waals surface area contributed by atoms with E-state index in [0.29, 0.717) is 35.3 Å². The number of hydrogen-bond donors (Lipinski definition) is 3. The molecule has 31 heavy (non-hydrogen) atoms. The van der Waals surface area contributed by atoms with Gasteiger partial charge in [0.05, 0.1) is 29.7 Å². The van der Waals surface area contributed by atoms with Crippen molar-refractivity contribution in [1.29, 1.82) is 5.26 Å². The molecule has 1 atom stereocenters. The van der Waals surface area contributed by atoms with E-state index in [1.54, 1.807) is 24.5 Å². The lowest BCUT2D eigenvalue weighted by molar-refractivity contribution is 0.219. The zero-order chi connectivity index (χ0) is 22.0. The molecular weight excluding hydrogens is 392 g/mol. The topological polar surface area (TPSA) is 116 Å². The summed E-state index contributed by atoms with van der Waals surface area (Å²) in [4.78, 5) is 13.2. The number of nitrogens with one attached hydrogen (secondary N) is 2. The maximum Gasteiger partial charge on any atom is 0.238 e. The Morgan fingerprint density at radius 3 is 2.87 bits per heavy atom. The van der Waals surface area contributed by atoms with E-state index in [1.807, 2.05) is 39.0 Å². The van der Waals surface area contributed by atoms with Crippen molar-refractivity contribution in [3.05, 3.63) is 53.9 Å². The molecule has 2 aromatic heterocycles. The molecular formula is C23H24N6O2. The van der Waals surface area contributed by atoms with Gasteiger partial charge in [-0.1, -0.05) is 6.92 Å². The average Bonchev–Trinajstić information content (AvgIpc) is 3.12. The first-order valence-electron chi connectivity index (χ1n) is 10.1. The molecule has 0 bridgehead atoms. The normalized spacial score (nSPS) is 17.0. The van der Waals surface area contributed by atoms with Gasteiger partial charge in [-0.25, -0.2) is 15.0 Å². The van der Waals surface area contributed by atoms with Crippen LogP contribution in [0.25, 0.3) is 11.3 Å². The standard InChI is InChI=1S/C23H24N6O2/c1-14(2)31-21-19(5-4-7-25-21)29-22-26-8-6-18(28-22)15-9-16(11-24)20-17(10-15)23(3,13-30)12-27-20/h4-10,14,27,30H,12-13H2,1-3H3,(H,26,28,29). The van der Waals surface area contributed by atoms with E-state index in [2.05, 4.69) is 31.7 Å². The second-order valence-electron chi connectivity index (χ2n) is 8.04. The number of aromatic nitrogens is 3. The third kappa shape index (κ3) is 4.00. The van der Waals surface area contributed by atoms with Crippen LogP contribution in [0.2, 0.25) is 0 Å². The number of nitrogens with zero attached hydrogens (tertiary/aromatic N) is 4. The van der Waals surface area contributed by atoms with Crippen molar-refractivity contribution in [3.8, 4) is 23.2 Å². The van der Waals surface area contributed by atoms with Gasteiger partial charge in [-0.15, -0.1) is 0 Å². The van der Waals surface area contributed by atoms with Gasteiger partial charge in [-0.2, -0.15) is 5.26 Å². The molecule has 0 radical (unpaired) electrons. The Morgan fingerprint density at radius 2 is 2.13 bits per heavy atom. The van der Waals surface area contributed by atoms with Gasteiger partial charge in [0.25, 0.3) is 0 Å². The maximum absolute atomic E-state index is 9.92. The number of aliphatic hydroxyl groups is 1. The molecule has 3 heterocycles. The zero-order valence-electron chi connectivity index (χ0n) is 17.7. The van der Waals surface area contributed by atoms with Crippen LogP contribution in [0, 0.1) is 11.3 Å². The lowest BCUT2D eigenvalue weighted by Crippen LogP contribution is -2.28. The number of benzene rings is 1. The summed E-state index contributed by atoms with van der Waals surface area (Å²) in [7, 11) is 0. The molecule has 0 saturated carbocycles. The monoisotopic (exact) mass is 416 g/mol. The van der Waals surface area contributed by atoms with Gasteiger partial charge in [0.2, 0.25) is 11.8 Å². The van der Waals surface area contributed by atoms with Crippen LogP contribution in [-0.2, 0) is 5.41 Å². The number of pyridine rings is 1. The molecule has 1 aromatic carbocycles. The Balaban J connectivity index is 1.71. The second-order valence-corrected chi connectivity index (χ2v) is 8.04. The van der Waals surface area contributed by atoms with E-state index in [1.165, 1.54) is 0 Å². The van der Waals surface area contributed by atoms with Crippen molar-refractivity contribution in [2.24, 2.45) is 0 Å². The first-order chi connectivity index (χ1) is 14.9. The molecule has 8 nitrogen and oxygen atoms in total. The highest BCUT2D eigenvalue weighted by Crippen LogP contribution is 2.41. The summed E-state index contributed by atoms with van der Waals surface area (Å²) in [6.07, 6.45) is 3.31. The van der Waals surface area contributed by atoms with Gasteiger partial charge in [0.1, 0.15) is 11.8 Å². The van der Waals surface area contributed by atoms with Crippen molar-refractivity contribution < 1.29 is 9.84 Å². The number of ether oxygens (including phenoxy) is 1. The molecule has 0 fully saturated rings. The molecule has 3 N–H and O–H groups in total. The Bertz CT molecular complexity index is 1160. The van der Waals surface area contributed by atoms with Crippen LogP contribution in [-0.4, -0.2) is 39.3 Å². The fourth-order valence-corrected chi connectivity index (χ4v) is 3.57. The molecule has 8 heteroatoms. The number of rotatable bonds is 6. The molecule has 0 aliphatic carbocycles. The molecule has 1 unspecified atom stereocenters. The number of hydrogen-bond acceptors (Lipinski definition) is 8. The molecule has 3 aromatic rings. The maximum atomic E-state index is 9.92. The highest BCUT2D eigenvalue weighted by Gasteiger charge is 2.35. The number of anilines is 3. The SMILES string of the molecule is CC(C)Oc1ncccc1Nc1nccc(-c2cc(C#N)c3c(c2)C(C)(CO)CN3)n1. The summed E-state index contributed by atoms with van der Waals surface area (Å²) in [6, 6.07) is 11.5. The van der Waals surface area contributed by atoms with Crippen molar-refractivity contribution in [3.63, 3.8) is 0 Å². The predicted molar refractivity (Wildman–Crippen MR) is 118 cm³/mol. The molecule has 0 spiro atoms. The average molecular weight is 416 g/mol. The minimum Gasteiger partial charge on any atom is -0.473 e. The fourth-order valence-electron chi connectivity index (χ4n) is 3.57. The fraction of sp³-hybridized carbons (Fsp3) is 0.304. The summed E-state index contributed by atoms with van der Waals surface area (Å²) in [5.74, 6) is 0.863. The largest absolute Gasteiger partial charge is 0.473 e. The third-order valence-corrected chi connectivity index (χ3v) is 5.23. The van der Waals surface area contributed by atoms with Crippen LogP contribution in [0.15, 0.2) is 42.7 Å². The molecule has 0 saturated heterocycles. The predicted octanol–water partition coefficient (Wildman–Crippen LogP) is 3.62. The van der Waals surface area contributed by atoms with E-state index in [4.69, 9.17) is 4.74 Å². The summed E-state index contributed by atoms with van der Waals surface area (Å²) in [5.41, 5.74) is 3.88. The van der Waals surface area contributed by atoms with Crippen LogP contribution in [0.5, 0.6) is 5.88 Å². The van der Waals surface area contributed by atoms with Crippen LogP contribution in [0.1, 0.15) is 31.9 Å². The quantitative estimate of drug-likeness (QED) is 0.558. The van der Waals surface area contributed by atoms with Crippen molar-refractivity contribution >= 4 is 17.3 Å². The van der Waals surface area contributed by atoms with Crippen LogP contribution in [0.4, 0.5) is 17.3 Å². The first kappa shape index (κ1) is 20.6. The van der Waals surface area contributed by atoms with E-state index < -0.39 is 5.41 Å². The van der Waals surface area contributed by atoms with Gasteiger partial charge in [0.15, 0.2) is 0 Å². The van der Waals surface area contributed by atoms with Crippen LogP contribution < -0.4 is 15.4 Å². The van der Waals surface area contributed by atoms with E-state index in [0.717, 1.165) is 16.8 Å². The van der Waals surface area contributed by atoms with E-state index in [-0.39, 0.29) is 12.7 Å². The van der Waals surface area contributed by atoms with E-state index >= 15 is 0 Å². The van der Waals surface area contributed by atoms with Gasteiger partial charge >= 0.3 is 0 Å². The summed E-state index contributed by atoms with van der Waals surface area (Å²) < 4.78 is 5.75. The summed E-state index contributed by atoms with van der Waals surface area (Å²) in [6.45, 7) is 6.41. The molecule has 4 rings (SSSR count). The third-order valence-electron chi connectivity index (χ3n) is 5.23. The van der Waals surface area contributed by atoms with Gasteiger partial charge in [-0.3, -0.25) is 0 Å². The smallest absolute Gasteiger partial charge is 0.238 e. The Hall–Kier alpha value is -3.70. The Kier molecular flexibility index (Phi) is 5.44. The number of fused-ring (bicyclic) bond motifs is 1. The highest BCUT2D eigenvalue weighted by molar-refractivity contribution is 5.76. The van der Waals surface area contributed by atoms with E-state index in [9.17, 15) is 10.4 Å². The molecule has 0 amide bonds.